The van der Waals surface area contributed by atoms with E-state index in [1.54, 1.807) is 12.0 Å². The highest BCUT2D eigenvalue weighted by atomic mass is 16.7. The summed E-state index contributed by atoms with van der Waals surface area (Å²) in [4.78, 5) is 25.8. The van der Waals surface area contributed by atoms with Crippen molar-refractivity contribution in [1.29, 1.82) is 0 Å². The number of nitrogens with zero attached hydrogens (tertiary/aromatic N) is 1. The Bertz CT molecular complexity index is 852. The summed E-state index contributed by atoms with van der Waals surface area (Å²) in [6.45, 7) is 2.84. The third kappa shape index (κ3) is 4.94. The Labute approximate surface area is 164 Å². The van der Waals surface area contributed by atoms with Crippen molar-refractivity contribution in [1.82, 2.24) is 10.2 Å². The minimum Gasteiger partial charge on any atom is -0.496 e. The molecule has 1 heterocycles. The number of carbonyl (C=O) groups excluding carboxylic acids is 2. The molecule has 2 aromatic rings. The topological polar surface area (TPSA) is 77.1 Å². The molecule has 148 valence electrons. The summed E-state index contributed by atoms with van der Waals surface area (Å²) in [6, 6.07) is 13.1. The molecule has 1 aliphatic heterocycles. The van der Waals surface area contributed by atoms with Gasteiger partial charge in [0.2, 0.25) is 18.6 Å². The lowest BCUT2D eigenvalue weighted by atomic mass is 10.1. The SMILES string of the molecule is COc1ccccc1CN(CCC(=O)NCc1ccc2c(c1)OCO2)C(C)=O. The summed E-state index contributed by atoms with van der Waals surface area (Å²) < 4.78 is 15.9. The number of hydrogen-bond acceptors (Lipinski definition) is 5. The second-order valence-electron chi connectivity index (χ2n) is 6.47. The summed E-state index contributed by atoms with van der Waals surface area (Å²) in [5.74, 6) is 1.91. The van der Waals surface area contributed by atoms with E-state index >= 15 is 0 Å². The van der Waals surface area contributed by atoms with Gasteiger partial charge in [-0.05, 0) is 23.8 Å². The van der Waals surface area contributed by atoms with Gasteiger partial charge in [-0.3, -0.25) is 9.59 Å². The molecule has 0 aliphatic carbocycles. The van der Waals surface area contributed by atoms with E-state index in [2.05, 4.69) is 5.32 Å². The molecule has 0 saturated heterocycles. The molecule has 0 bridgehead atoms. The van der Waals surface area contributed by atoms with Crippen LogP contribution in [0.2, 0.25) is 0 Å². The van der Waals surface area contributed by atoms with Crippen LogP contribution in [0.4, 0.5) is 0 Å². The number of carbonyl (C=O) groups is 2. The molecule has 7 heteroatoms. The van der Waals surface area contributed by atoms with Gasteiger partial charge in [-0.1, -0.05) is 24.3 Å². The highest BCUT2D eigenvalue weighted by Crippen LogP contribution is 2.32. The zero-order valence-corrected chi connectivity index (χ0v) is 16.1. The molecule has 0 aromatic heterocycles. The molecule has 0 saturated carbocycles. The van der Waals surface area contributed by atoms with Crippen LogP contribution in [0.3, 0.4) is 0 Å². The molecule has 1 N–H and O–H groups in total. The number of benzene rings is 2. The lowest BCUT2D eigenvalue weighted by Gasteiger charge is -2.22. The second kappa shape index (κ2) is 9.12. The van der Waals surface area contributed by atoms with Crippen molar-refractivity contribution >= 4 is 11.8 Å². The van der Waals surface area contributed by atoms with Gasteiger partial charge in [-0.25, -0.2) is 0 Å². The van der Waals surface area contributed by atoms with Crippen LogP contribution in [-0.4, -0.2) is 37.2 Å². The number of hydrogen-bond donors (Lipinski definition) is 1. The number of ether oxygens (including phenoxy) is 3. The van der Waals surface area contributed by atoms with Crippen molar-refractivity contribution in [3.05, 3.63) is 53.6 Å². The van der Waals surface area contributed by atoms with Crippen LogP contribution in [0.1, 0.15) is 24.5 Å². The zero-order valence-electron chi connectivity index (χ0n) is 16.1. The first kappa shape index (κ1) is 19.5. The van der Waals surface area contributed by atoms with E-state index in [1.807, 2.05) is 42.5 Å². The lowest BCUT2D eigenvalue weighted by molar-refractivity contribution is -0.130. The summed E-state index contributed by atoms with van der Waals surface area (Å²) >= 11 is 0. The molecule has 0 spiro atoms. The van der Waals surface area contributed by atoms with E-state index in [0.717, 1.165) is 16.9 Å². The van der Waals surface area contributed by atoms with Gasteiger partial charge in [0, 0.05) is 38.5 Å². The largest absolute Gasteiger partial charge is 0.496 e. The van der Waals surface area contributed by atoms with E-state index in [1.165, 1.54) is 6.92 Å². The normalized spacial score (nSPS) is 11.8. The Morgan fingerprint density at radius 3 is 2.71 bits per heavy atom. The van der Waals surface area contributed by atoms with E-state index in [-0.39, 0.29) is 25.0 Å². The van der Waals surface area contributed by atoms with Crippen LogP contribution in [0.15, 0.2) is 42.5 Å². The maximum absolute atomic E-state index is 12.2. The molecule has 0 fully saturated rings. The molecule has 0 atom stereocenters. The molecular weight excluding hydrogens is 360 g/mol. The molecular formula is C21H24N2O5. The van der Waals surface area contributed by atoms with Gasteiger partial charge in [0.25, 0.3) is 0 Å². The standard InChI is InChI=1S/C21H24N2O5/c1-15(24)23(13-17-5-3-4-6-18(17)26-2)10-9-21(25)22-12-16-7-8-19-20(11-16)28-14-27-19/h3-8,11H,9-10,12-14H2,1-2H3,(H,22,25). The molecule has 1 aliphatic rings. The molecule has 28 heavy (non-hydrogen) atoms. The molecule has 7 nitrogen and oxygen atoms in total. The quantitative estimate of drug-likeness (QED) is 0.757. The number of amides is 2. The van der Waals surface area contributed by atoms with Gasteiger partial charge in [0.15, 0.2) is 11.5 Å². The number of methoxy groups -OCH3 is 1. The average molecular weight is 384 g/mol. The van der Waals surface area contributed by atoms with Gasteiger partial charge in [0.05, 0.1) is 7.11 Å². The lowest BCUT2D eigenvalue weighted by Crippen LogP contribution is -2.33. The fourth-order valence-corrected chi connectivity index (χ4v) is 2.96. The highest BCUT2D eigenvalue weighted by molar-refractivity contribution is 5.78. The van der Waals surface area contributed by atoms with Crippen LogP contribution in [0, 0.1) is 0 Å². The van der Waals surface area contributed by atoms with Crippen LogP contribution in [-0.2, 0) is 22.7 Å². The van der Waals surface area contributed by atoms with Crippen LogP contribution < -0.4 is 19.5 Å². The van der Waals surface area contributed by atoms with Gasteiger partial charge in [0.1, 0.15) is 5.75 Å². The fourth-order valence-electron chi connectivity index (χ4n) is 2.96. The van der Waals surface area contributed by atoms with Crippen LogP contribution in [0.25, 0.3) is 0 Å². The van der Waals surface area contributed by atoms with Gasteiger partial charge >= 0.3 is 0 Å². The minimum atomic E-state index is -0.121. The first-order chi connectivity index (χ1) is 13.6. The van der Waals surface area contributed by atoms with Crippen molar-refractivity contribution in [2.45, 2.75) is 26.4 Å². The Kier molecular flexibility index (Phi) is 6.37. The van der Waals surface area contributed by atoms with E-state index in [4.69, 9.17) is 14.2 Å². The third-order valence-electron chi connectivity index (χ3n) is 4.53. The maximum Gasteiger partial charge on any atom is 0.231 e. The first-order valence-corrected chi connectivity index (χ1v) is 9.09. The predicted octanol–water partition coefficient (Wildman–Crippen LogP) is 2.48. The average Bonchev–Trinajstić information content (AvgIpc) is 3.17. The summed E-state index contributed by atoms with van der Waals surface area (Å²) in [5, 5.41) is 2.87. The Balaban J connectivity index is 1.50. The van der Waals surface area contributed by atoms with Crippen molar-refractivity contribution in [3.8, 4) is 17.2 Å². The zero-order chi connectivity index (χ0) is 19.9. The van der Waals surface area contributed by atoms with Crippen LogP contribution in [0.5, 0.6) is 17.2 Å². The minimum absolute atomic E-state index is 0.0884. The third-order valence-corrected chi connectivity index (χ3v) is 4.53. The monoisotopic (exact) mass is 384 g/mol. The van der Waals surface area contributed by atoms with E-state index in [0.29, 0.717) is 31.1 Å². The summed E-state index contributed by atoms with van der Waals surface area (Å²) in [5.41, 5.74) is 1.83. The van der Waals surface area contributed by atoms with E-state index < -0.39 is 0 Å². The number of rotatable bonds is 8. The first-order valence-electron chi connectivity index (χ1n) is 9.09. The smallest absolute Gasteiger partial charge is 0.231 e. The Morgan fingerprint density at radius 2 is 1.93 bits per heavy atom. The summed E-state index contributed by atoms with van der Waals surface area (Å²) in [6.07, 6.45) is 0.222. The van der Waals surface area contributed by atoms with Crippen molar-refractivity contribution in [2.75, 3.05) is 20.4 Å². The van der Waals surface area contributed by atoms with Gasteiger partial charge in [-0.2, -0.15) is 0 Å². The maximum atomic E-state index is 12.2. The van der Waals surface area contributed by atoms with Crippen molar-refractivity contribution in [2.24, 2.45) is 0 Å². The Morgan fingerprint density at radius 1 is 1.14 bits per heavy atom. The molecule has 0 radical (unpaired) electrons. The van der Waals surface area contributed by atoms with E-state index in [9.17, 15) is 9.59 Å². The number of nitrogens with one attached hydrogen (secondary N) is 1. The molecule has 3 rings (SSSR count). The summed E-state index contributed by atoms with van der Waals surface area (Å²) in [7, 11) is 1.60. The number of fused-ring (bicyclic) bond motifs is 1. The van der Waals surface area contributed by atoms with Crippen molar-refractivity contribution < 1.29 is 23.8 Å². The van der Waals surface area contributed by atoms with Gasteiger partial charge < -0.3 is 24.4 Å². The number of para-hydroxylation sites is 1. The van der Waals surface area contributed by atoms with Gasteiger partial charge in [-0.15, -0.1) is 0 Å². The highest BCUT2D eigenvalue weighted by Gasteiger charge is 2.15. The molecule has 0 unspecified atom stereocenters. The van der Waals surface area contributed by atoms with Crippen LogP contribution >= 0.6 is 0 Å². The fraction of sp³-hybridized carbons (Fsp3) is 0.333. The second-order valence-corrected chi connectivity index (χ2v) is 6.47. The molecule has 2 aromatic carbocycles. The molecule has 2 amide bonds. The Hall–Kier alpha value is -3.22. The van der Waals surface area contributed by atoms with Crippen molar-refractivity contribution in [3.63, 3.8) is 0 Å². The predicted molar refractivity (Wildman–Crippen MR) is 103 cm³/mol.